The van der Waals surface area contributed by atoms with Crippen molar-refractivity contribution >= 4 is 5.97 Å². The summed E-state index contributed by atoms with van der Waals surface area (Å²) >= 11 is 0. The van der Waals surface area contributed by atoms with E-state index in [-0.39, 0.29) is 12.5 Å². The van der Waals surface area contributed by atoms with Crippen molar-refractivity contribution in [1.29, 1.82) is 0 Å². The predicted molar refractivity (Wildman–Crippen MR) is 48.7 cm³/mol. The fourth-order valence-electron chi connectivity index (χ4n) is 1.12. The van der Waals surface area contributed by atoms with Crippen molar-refractivity contribution in [1.82, 2.24) is 9.78 Å². The Balaban J connectivity index is 2.89. The molecule has 0 amide bonds. The monoisotopic (exact) mass is 182 g/mol. The highest BCUT2D eigenvalue weighted by atomic mass is 16.4. The zero-order valence-electron chi connectivity index (χ0n) is 8.11. The van der Waals surface area contributed by atoms with E-state index in [1.165, 1.54) is 0 Å². The number of hydrogen-bond acceptors (Lipinski definition) is 2. The molecule has 0 aliphatic rings. The zero-order chi connectivity index (χ0) is 10.0. The van der Waals surface area contributed by atoms with Gasteiger partial charge in [-0.05, 0) is 20.8 Å². The van der Waals surface area contributed by atoms with Crippen LogP contribution in [0, 0.1) is 6.92 Å². The maximum atomic E-state index is 10.5. The minimum atomic E-state index is -0.814. The number of carbonyl (C=O) groups is 1. The first-order valence-electron chi connectivity index (χ1n) is 4.27. The van der Waals surface area contributed by atoms with Gasteiger partial charge < -0.3 is 5.11 Å². The molecular formula is C9H14N2O2. The van der Waals surface area contributed by atoms with Crippen LogP contribution >= 0.6 is 0 Å². The Morgan fingerprint density at radius 2 is 2.31 bits per heavy atom. The van der Waals surface area contributed by atoms with Crippen LogP contribution in [0.1, 0.15) is 31.1 Å². The molecule has 1 N–H and O–H groups in total. The van der Waals surface area contributed by atoms with E-state index in [0.717, 1.165) is 11.3 Å². The van der Waals surface area contributed by atoms with Crippen molar-refractivity contribution in [3.63, 3.8) is 0 Å². The number of aliphatic carboxylic acids is 1. The summed E-state index contributed by atoms with van der Waals surface area (Å²) in [4.78, 5) is 10.5. The minimum absolute atomic E-state index is 0.0541. The van der Waals surface area contributed by atoms with Gasteiger partial charge in [0.1, 0.15) is 0 Å². The van der Waals surface area contributed by atoms with Crippen molar-refractivity contribution < 1.29 is 9.90 Å². The number of carboxylic acid groups (broad SMARTS) is 1. The molecule has 4 heteroatoms. The Morgan fingerprint density at radius 3 is 2.69 bits per heavy atom. The predicted octanol–water partition coefficient (Wildman–Crippen LogP) is 1.40. The molecule has 0 bridgehead atoms. The molecule has 0 fully saturated rings. The third-order valence-electron chi connectivity index (χ3n) is 1.89. The van der Waals surface area contributed by atoms with Crippen LogP contribution in [0.5, 0.6) is 0 Å². The van der Waals surface area contributed by atoms with Crippen molar-refractivity contribution in [2.24, 2.45) is 0 Å². The lowest BCUT2D eigenvalue weighted by Crippen LogP contribution is -2.01. The molecule has 0 saturated carbocycles. The summed E-state index contributed by atoms with van der Waals surface area (Å²) in [5.41, 5.74) is 1.59. The van der Waals surface area contributed by atoms with E-state index in [0.29, 0.717) is 0 Å². The van der Waals surface area contributed by atoms with Crippen LogP contribution in [0.4, 0.5) is 0 Å². The van der Waals surface area contributed by atoms with Gasteiger partial charge in [-0.2, -0.15) is 5.10 Å². The number of rotatable bonds is 3. The first-order chi connectivity index (χ1) is 6.00. The molecule has 1 aromatic rings. The third kappa shape index (κ3) is 2.31. The minimum Gasteiger partial charge on any atom is -0.481 e. The SMILES string of the molecule is Cc1nn(C(C)C)cc1CC(=O)O. The molecule has 1 rings (SSSR count). The Labute approximate surface area is 77.2 Å². The van der Waals surface area contributed by atoms with Crippen LogP contribution in [0.2, 0.25) is 0 Å². The molecule has 1 heterocycles. The highest BCUT2D eigenvalue weighted by Crippen LogP contribution is 2.10. The second-order valence-electron chi connectivity index (χ2n) is 3.38. The summed E-state index contributed by atoms with van der Waals surface area (Å²) in [5.74, 6) is -0.814. The van der Waals surface area contributed by atoms with E-state index < -0.39 is 5.97 Å². The number of hydrogen-bond donors (Lipinski definition) is 1. The van der Waals surface area contributed by atoms with E-state index in [4.69, 9.17) is 5.11 Å². The Hall–Kier alpha value is -1.32. The lowest BCUT2D eigenvalue weighted by atomic mass is 10.2. The third-order valence-corrected chi connectivity index (χ3v) is 1.89. The Bertz CT molecular complexity index is 315. The number of aryl methyl sites for hydroxylation is 1. The second kappa shape index (κ2) is 3.60. The molecule has 0 aliphatic heterocycles. The molecule has 1 aromatic heterocycles. The van der Waals surface area contributed by atoms with Crippen molar-refractivity contribution in [2.45, 2.75) is 33.2 Å². The standard InChI is InChI=1S/C9H14N2O2/c1-6(2)11-5-8(4-9(12)13)7(3)10-11/h5-6H,4H2,1-3H3,(H,12,13). The van der Waals surface area contributed by atoms with Gasteiger partial charge in [-0.25, -0.2) is 0 Å². The average molecular weight is 182 g/mol. The molecule has 4 nitrogen and oxygen atoms in total. The van der Waals surface area contributed by atoms with E-state index >= 15 is 0 Å². The molecule has 0 saturated heterocycles. The van der Waals surface area contributed by atoms with E-state index in [2.05, 4.69) is 5.10 Å². The first-order valence-corrected chi connectivity index (χ1v) is 4.27. The second-order valence-corrected chi connectivity index (χ2v) is 3.38. The highest BCUT2D eigenvalue weighted by Gasteiger charge is 2.09. The first kappa shape index (κ1) is 9.77. The maximum absolute atomic E-state index is 10.5. The Kier molecular flexibility index (Phi) is 2.70. The molecule has 0 atom stereocenters. The molecule has 0 unspecified atom stereocenters. The quantitative estimate of drug-likeness (QED) is 0.768. The van der Waals surface area contributed by atoms with E-state index in [1.54, 1.807) is 10.9 Å². The molecular weight excluding hydrogens is 168 g/mol. The van der Waals surface area contributed by atoms with Crippen molar-refractivity contribution in [2.75, 3.05) is 0 Å². The topological polar surface area (TPSA) is 55.1 Å². The number of carboxylic acids is 1. The Morgan fingerprint density at radius 1 is 1.69 bits per heavy atom. The van der Waals surface area contributed by atoms with Crippen LogP contribution in [0.3, 0.4) is 0 Å². The van der Waals surface area contributed by atoms with Crippen molar-refractivity contribution in [3.8, 4) is 0 Å². The highest BCUT2D eigenvalue weighted by molar-refractivity contribution is 5.70. The fraction of sp³-hybridized carbons (Fsp3) is 0.556. The summed E-state index contributed by atoms with van der Waals surface area (Å²) in [6.07, 6.45) is 1.85. The summed E-state index contributed by atoms with van der Waals surface area (Å²) in [7, 11) is 0. The molecule has 13 heavy (non-hydrogen) atoms. The van der Waals surface area contributed by atoms with Crippen LogP contribution in [0.15, 0.2) is 6.20 Å². The van der Waals surface area contributed by atoms with Gasteiger partial charge in [0.15, 0.2) is 0 Å². The molecule has 0 aliphatic carbocycles. The normalized spacial score (nSPS) is 10.8. The average Bonchev–Trinajstić information content (AvgIpc) is 2.31. The summed E-state index contributed by atoms with van der Waals surface area (Å²) in [6, 6.07) is 0.279. The zero-order valence-corrected chi connectivity index (χ0v) is 8.11. The van der Waals surface area contributed by atoms with Crippen LogP contribution in [0.25, 0.3) is 0 Å². The van der Waals surface area contributed by atoms with Gasteiger partial charge in [0.05, 0.1) is 12.1 Å². The van der Waals surface area contributed by atoms with Gasteiger partial charge in [-0.3, -0.25) is 9.48 Å². The lowest BCUT2D eigenvalue weighted by Gasteiger charge is -2.02. The largest absolute Gasteiger partial charge is 0.481 e. The summed E-state index contributed by atoms with van der Waals surface area (Å²) < 4.78 is 1.79. The lowest BCUT2D eigenvalue weighted by molar-refractivity contribution is -0.136. The van der Waals surface area contributed by atoms with Gasteiger partial charge in [0.2, 0.25) is 0 Å². The molecule has 0 radical (unpaired) electrons. The maximum Gasteiger partial charge on any atom is 0.307 e. The summed E-state index contributed by atoms with van der Waals surface area (Å²) in [6.45, 7) is 5.85. The number of aromatic nitrogens is 2. The van der Waals surface area contributed by atoms with Gasteiger partial charge in [0.25, 0.3) is 0 Å². The molecule has 0 aromatic carbocycles. The van der Waals surface area contributed by atoms with Crippen LogP contribution in [-0.4, -0.2) is 20.9 Å². The van der Waals surface area contributed by atoms with Gasteiger partial charge >= 0.3 is 5.97 Å². The van der Waals surface area contributed by atoms with Crippen molar-refractivity contribution in [3.05, 3.63) is 17.5 Å². The fourth-order valence-corrected chi connectivity index (χ4v) is 1.12. The van der Waals surface area contributed by atoms with Gasteiger partial charge in [-0.15, -0.1) is 0 Å². The van der Waals surface area contributed by atoms with Gasteiger partial charge in [0, 0.05) is 17.8 Å². The molecule has 72 valence electrons. The van der Waals surface area contributed by atoms with Gasteiger partial charge in [-0.1, -0.05) is 0 Å². The number of nitrogens with zero attached hydrogens (tertiary/aromatic N) is 2. The van der Waals surface area contributed by atoms with E-state index in [9.17, 15) is 4.79 Å². The van der Waals surface area contributed by atoms with Crippen LogP contribution < -0.4 is 0 Å². The molecule has 0 spiro atoms. The smallest absolute Gasteiger partial charge is 0.307 e. The summed E-state index contributed by atoms with van der Waals surface area (Å²) in [5, 5.41) is 12.8. The van der Waals surface area contributed by atoms with Crippen LogP contribution in [-0.2, 0) is 11.2 Å². The van der Waals surface area contributed by atoms with E-state index in [1.807, 2.05) is 20.8 Å².